The summed E-state index contributed by atoms with van der Waals surface area (Å²) in [4.78, 5) is 20.0. The predicted octanol–water partition coefficient (Wildman–Crippen LogP) is 1.17. The van der Waals surface area contributed by atoms with Crippen molar-refractivity contribution in [2.24, 2.45) is 0 Å². The number of hydrogen-bond acceptors (Lipinski definition) is 7. The Kier molecular flexibility index (Phi) is 4.01. The van der Waals surface area contributed by atoms with E-state index >= 15 is 0 Å². The normalized spacial score (nSPS) is 17.0. The van der Waals surface area contributed by atoms with Crippen LogP contribution in [0.2, 0.25) is 0 Å². The van der Waals surface area contributed by atoms with Crippen molar-refractivity contribution >= 4 is 22.4 Å². The topological polar surface area (TPSA) is 101 Å². The van der Waals surface area contributed by atoms with Crippen LogP contribution in [-0.2, 0) is 6.54 Å². The Labute approximate surface area is 159 Å². The van der Waals surface area contributed by atoms with Crippen LogP contribution in [0.15, 0.2) is 47.5 Å². The molecule has 3 aromatic heterocycles. The Bertz CT molecular complexity index is 1220. The zero-order valence-corrected chi connectivity index (χ0v) is 15.1. The first kappa shape index (κ1) is 16.8. The van der Waals surface area contributed by atoms with E-state index in [1.165, 1.54) is 0 Å². The molecule has 4 heterocycles. The van der Waals surface area contributed by atoms with Gasteiger partial charge >= 0.3 is 0 Å². The first-order valence-electron chi connectivity index (χ1n) is 9.30. The maximum atomic E-state index is 13.0. The maximum Gasteiger partial charge on any atom is 0.261 e. The first-order chi connectivity index (χ1) is 13.8. The monoisotopic (exact) mass is 377 g/mol. The number of rotatable bonds is 4. The van der Waals surface area contributed by atoms with Gasteiger partial charge in [0.05, 0.1) is 30.1 Å². The summed E-state index contributed by atoms with van der Waals surface area (Å²) in [5.41, 5.74) is 1.23. The first-order valence-corrected chi connectivity index (χ1v) is 9.30. The Balaban J connectivity index is 1.65. The number of aromatic nitrogens is 6. The molecular weight excluding hydrogens is 358 g/mol. The van der Waals surface area contributed by atoms with Crippen molar-refractivity contribution in [1.29, 1.82) is 0 Å². The van der Waals surface area contributed by atoms with Gasteiger partial charge in [-0.25, -0.2) is 4.98 Å². The third-order valence-corrected chi connectivity index (χ3v) is 5.21. The molecule has 1 fully saturated rings. The molecule has 1 aliphatic heterocycles. The fraction of sp³-hybridized carbons (Fsp3) is 0.316. The van der Waals surface area contributed by atoms with Crippen molar-refractivity contribution in [3.8, 4) is 0 Å². The molecule has 1 unspecified atom stereocenters. The molecule has 0 amide bonds. The van der Waals surface area contributed by atoms with Crippen molar-refractivity contribution in [3.63, 3.8) is 0 Å². The molecule has 9 nitrogen and oxygen atoms in total. The van der Waals surface area contributed by atoms with Gasteiger partial charge in [0.15, 0.2) is 5.65 Å². The number of para-hydroxylation sites is 1. The van der Waals surface area contributed by atoms with E-state index in [1.54, 1.807) is 21.5 Å². The van der Waals surface area contributed by atoms with E-state index in [0.29, 0.717) is 22.4 Å². The third kappa shape index (κ3) is 2.63. The summed E-state index contributed by atoms with van der Waals surface area (Å²) in [7, 11) is 0. The molecule has 1 aliphatic rings. The largest absolute Gasteiger partial charge is 0.395 e. The molecule has 0 aliphatic carbocycles. The fourth-order valence-electron chi connectivity index (χ4n) is 3.94. The highest BCUT2D eigenvalue weighted by Crippen LogP contribution is 2.34. The smallest absolute Gasteiger partial charge is 0.261 e. The highest BCUT2D eigenvalue weighted by molar-refractivity contribution is 5.77. The molecule has 0 bridgehead atoms. The Morgan fingerprint density at radius 1 is 1.18 bits per heavy atom. The molecule has 0 radical (unpaired) electrons. The molecule has 4 aromatic rings. The molecule has 1 atom stereocenters. The van der Waals surface area contributed by atoms with E-state index in [2.05, 4.69) is 20.2 Å². The van der Waals surface area contributed by atoms with Crippen molar-refractivity contribution < 1.29 is 5.11 Å². The van der Waals surface area contributed by atoms with Crippen LogP contribution in [0.3, 0.4) is 0 Å². The maximum absolute atomic E-state index is 13.0. The Hall–Kier alpha value is -3.33. The van der Waals surface area contributed by atoms with E-state index in [0.717, 1.165) is 25.2 Å². The molecule has 0 spiro atoms. The van der Waals surface area contributed by atoms with Crippen LogP contribution in [0.4, 0.5) is 5.82 Å². The minimum absolute atomic E-state index is 0.0923. The number of aliphatic hydroxyl groups excluding tert-OH is 1. The third-order valence-electron chi connectivity index (χ3n) is 5.21. The summed E-state index contributed by atoms with van der Waals surface area (Å²) >= 11 is 0. The van der Waals surface area contributed by atoms with Gasteiger partial charge in [-0.05, 0) is 37.1 Å². The second-order valence-electron chi connectivity index (χ2n) is 6.84. The molecule has 142 valence electrons. The highest BCUT2D eigenvalue weighted by atomic mass is 16.3. The molecule has 28 heavy (non-hydrogen) atoms. The van der Waals surface area contributed by atoms with Gasteiger partial charge < -0.3 is 10.0 Å². The van der Waals surface area contributed by atoms with Crippen molar-refractivity contribution in [1.82, 2.24) is 29.4 Å². The number of aliphatic hydroxyl groups is 1. The minimum Gasteiger partial charge on any atom is -0.395 e. The van der Waals surface area contributed by atoms with Crippen LogP contribution in [0, 0.1) is 0 Å². The van der Waals surface area contributed by atoms with Gasteiger partial charge in [0.1, 0.15) is 18.0 Å². The zero-order valence-electron chi connectivity index (χ0n) is 15.1. The Morgan fingerprint density at radius 2 is 2.07 bits per heavy atom. The molecule has 1 aromatic carbocycles. The van der Waals surface area contributed by atoms with Crippen molar-refractivity contribution in [3.05, 3.63) is 58.9 Å². The number of anilines is 1. The van der Waals surface area contributed by atoms with Gasteiger partial charge in [-0.1, -0.05) is 12.1 Å². The second-order valence-corrected chi connectivity index (χ2v) is 6.84. The van der Waals surface area contributed by atoms with Gasteiger partial charge in [0, 0.05) is 6.54 Å². The standard InChI is InChI=1S/C19H19N7O2/c27-11-10-25-18(21-14-5-2-1-4-13(14)19(25)28)15-6-3-9-24(15)17-8-7-16-22-20-12-26(16)23-17/h1-2,4-5,7-8,12,15,27H,3,6,9-11H2. The van der Waals surface area contributed by atoms with E-state index in [4.69, 9.17) is 4.98 Å². The molecular formula is C19H19N7O2. The highest BCUT2D eigenvalue weighted by Gasteiger charge is 2.31. The zero-order chi connectivity index (χ0) is 19.1. The summed E-state index contributed by atoms with van der Waals surface area (Å²) in [6, 6.07) is 11.0. The molecule has 9 heteroatoms. The lowest BCUT2D eigenvalue weighted by Crippen LogP contribution is -2.33. The lowest BCUT2D eigenvalue weighted by atomic mass is 10.1. The van der Waals surface area contributed by atoms with Crippen LogP contribution in [0.25, 0.3) is 16.6 Å². The van der Waals surface area contributed by atoms with Crippen LogP contribution < -0.4 is 10.5 Å². The summed E-state index contributed by atoms with van der Waals surface area (Å²) in [6.07, 6.45) is 3.40. The van der Waals surface area contributed by atoms with Crippen LogP contribution in [0.1, 0.15) is 24.7 Å². The number of fused-ring (bicyclic) bond motifs is 2. The molecule has 1 N–H and O–H groups in total. The lowest BCUT2D eigenvalue weighted by Gasteiger charge is -2.27. The van der Waals surface area contributed by atoms with Crippen LogP contribution >= 0.6 is 0 Å². The number of nitrogens with zero attached hydrogens (tertiary/aromatic N) is 7. The van der Waals surface area contributed by atoms with Gasteiger partial charge in [0.2, 0.25) is 0 Å². The van der Waals surface area contributed by atoms with Crippen LogP contribution in [-0.4, -0.2) is 47.6 Å². The second kappa shape index (κ2) is 6.68. The van der Waals surface area contributed by atoms with Crippen molar-refractivity contribution in [2.45, 2.75) is 25.4 Å². The molecule has 0 saturated carbocycles. The van der Waals surface area contributed by atoms with Crippen molar-refractivity contribution in [2.75, 3.05) is 18.1 Å². The molecule has 5 rings (SSSR count). The van der Waals surface area contributed by atoms with Crippen LogP contribution in [0.5, 0.6) is 0 Å². The van der Waals surface area contributed by atoms with Gasteiger partial charge in [-0.3, -0.25) is 9.36 Å². The van der Waals surface area contributed by atoms with Gasteiger partial charge in [-0.15, -0.1) is 15.3 Å². The number of benzene rings is 1. The average molecular weight is 377 g/mol. The molecule has 1 saturated heterocycles. The predicted molar refractivity (Wildman–Crippen MR) is 103 cm³/mol. The van der Waals surface area contributed by atoms with Gasteiger partial charge in [-0.2, -0.15) is 4.52 Å². The SMILES string of the molecule is O=c1c2ccccc2nc(C2CCCN2c2ccc3nncn3n2)n1CCO. The number of hydrogen-bond donors (Lipinski definition) is 1. The summed E-state index contributed by atoms with van der Waals surface area (Å²) in [5, 5.41) is 22.6. The van der Waals surface area contributed by atoms with E-state index < -0.39 is 0 Å². The fourth-order valence-corrected chi connectivity index (χ4v) is 3.94. The van der Waals surface area contributed by atoms with E-state index in [1.807, 2.05) is 30.3 Å². The average Bonchev–Trinajstić information content (AvgIpc) is 3.38. The summed E-state index contributed by atoms with van der Waals surface area (Å²) < 4.78 is 3.24. The lowest BCUT2D eigenvalue weighted by molar-refractivity contribution is 0.270. The van der Waals surface area contributed by atoms with E-state index in [9.17, 15) is 9.90 Å². The Morgan fingerprint density at radius 3 is 2.96 bits per heavy atom. The van der Waals surface area contributed by atoms with E-state index in [-0.39, 0.29) is 24.8 Å². The van der Waals surface area contributed by atoms with Gasteiger partial charge in [0.25, 0.3) is 5.56 Å². The summed E-state index contributed by atoms with van der Waals surface area (Å²) in [5.74, 6) is 1.45. The summed E-state index contributed by atoms with van der Waals surface area (Å²) in [6.45, 7) is 0.909. The minimum atomic E-state index is -0.122. The quantitative estimate of drug-likeness (QED) is 0.569.